The number of benzene rings is 1. The number of fused-ring (bicyclic) bond motifs is 1. The summed E-state index contributed by atoms with van der Waals surface area (Å²) in [6, 6.07) is 8.01. The van der Waals surface area contributed by atoms with Crippen LogP contribution >= 0.6 is 0 Å². The van der Waals surface area contributed by atoms with Crippen LogP contribution in [0.2, 0.25) is 0 Å². The molecule has 1 aliphatic rings. The molecule has 0 fully saturated rings. The van der Waals surface area contributed by atoms with Gasteiger partial charge in [-0.05, 0) is 11.4 Å². The van der Waals surface area contributed by atoms with Crippen LogP contribution < -0.4 is 4.90 Å². The molecule has 0 N–H and O–H groups in total. The second kappa shape index (κ2) is 2.02. The van der Waals surface area contributed by atoms with Crippen molar-refractivity contribution in [3.05, 3.63) is 42.0 Å². The molecule has 11 heavy (non-hydrogen) atoms. The molecule has 2 heteroatoms. The zero-order chi connectivity index (χ0) is 7.84. The van der Waals surface area contributed by atoms with Crippen molar-refractivity contribution in [3.63, 3.8) is 0 Å². The van der Waals surface area contributed by atoms with Crippen LogP contribution in [0.15, 0.2) is 36.7 Å². The Labute approximate surface area is 66.1 Å². The number of anilines is 1. The minimum Gasteiger partial charge on any atom is -0.447 e. The summed E-state index contributed by atoms with van der Waals surface area (Å²) in [7, 11) is 1.97. The highest BCUT2D eigenvalue weighted by Crippen LogP contribution is 2.42. The summed E-state index contributed by atoms with van der Waals surface area (Å²) in [5, 5.41) is 4.26. The Morgan fingerprint density at radius 3 is 2.82 bits per heavy atom. The molecular formula is C9H9N2-. The Morgan fingerprint density at radius 1 is 1.36 bits per heavy atom. The largest absolute Gasteiger partial charge is 0.447 e. The summed E-state index contributed by atoms with van der Waals surface area (Å²) in [6.45, 7) is 3.81. The van der Waals surface area contributed by atoms with E-state index in [-0.39, 0.29) is 0 Å². The Kier molecular flexibility index (Phi) is 1.15. The molecule has 0 unspecified atom stereocenters. The van der Waals surface area contributed by atoms with Crippen LogP contribution in [0.3, 0.4) is 0 Å². The quantitative estimate of drug-likeness (QED) is 0.548. The maximum Gasteiger partial charge on any atom is -0.0380 e. The molecule has 1 heterocycles. The van der Waals surface area contributed by atoms with Gasteiger partial charge in [0.1, 0.15) is 0 Å². The van der Waals surface area contributed by atoms with Gasteiger partial charge in [-0.3, -0.25) is 0 Å². The molecule has 1 aromatic rings. The topological polar surface area (TPSA) is 17.3 Å². The van der Waals surface area contributed by atoms with E-state index in [0.29, 0.717) is 0 Å². The molecule has 0 atom stereocenters. The van der Waals surface area contributed by atoms with Crippen molar-refractivity contribution in [3.8, 4) is 0 Å². The summed E-state index contributed by atoms with van der Waals surface area (Å²) in [5.74, 6) is 0.811. The van der Waals surface area contributed by atoms with Crippen LogP contribution in [0.4, 0.5) is 11.4 Å². The third-order valence-corrected chi connectivity index (χ3v) is 1.88. The molecule has 2 nitrogen and oxygen atoms in total. The fourth-order valence-corrected chi connectivity index (χ4v) is 1.20. The lowest BCUT2D eigenvalue weighted by Gasteiger charge is -2.21. The van der Waals surface area contributed by atoms with Gasteiger partial charge in [0.25, 0.3) is 0 Å². The summed E-state index contributed by atoms with van der Waals surface area (Å²) in [6.07, 6.45) is 0. The summed E-state index contributed by atoms with van der Waals surface area (Å²) >= 11 is 0. The number of hydrogen-bond acceptors (Lipinski definition) is 1. The van der Waals surface area contributed by atoms with Gasteiger partial charge in [-0.1, -0.05) is 43.7 Å². The van der Waals surface area contributed by atoms with Gasteiger partial charge < -0.3 is 10.2 Å². The first-order chi connectivity index (χ1) is 5.29. The molecule has 56 valence electrons. The van der Waals surface area contributed by atoms with Gasteiger partial charge in [0.15, 0.2) is 0 Å². The van der Waals surface area contributed by atoms with Crippen molar-refractivity contribution in [2.75, 3.05) is 11.9 Å². The first-order valence-electron chi connectivity index (χ1n) is 3.52. The van der Waals surface area contributed by atoms with Gasteiger partial charge in [-0.25, -0.2) is 0 Å². The molecular weight excluding hydrogens is 136 g/mol. The number of para-hydroxylation sites is 2. The Morgan fingerprint density at radius 2 is 2.09 bits per heavy atom. The molecule has 2 rings (SSSR count). The molecule has 0 amide bonds. The van der Waals surface area contributed by atoms with Gasteiger partial charge in [0.05, 0.1) is 0 Å². The average molecular weight is 145 g/mol. The van der Waals surface area contributed by atoms with E-state index in [1.54, 1.807) is 0 Å². The van der Waals surface area contributed by atoms with Gasteiger partial charge in [-0.15, -0.1) is 0 Å². The van der Waals surface area contributed by atoms with Crippen molar-refractivity contribution in [2.24, 2.45) is 0 Å². The fraction of sp³-hybridized carbons (Fsp3) is 0.111. The molecule has 0 saturated heterocycles. The third kappa shape index (κ3) is 0.792. The van der Waals surface area contributed by atoms with Crippen LogP contribution in [-0.2, 0) is 0 Å². The summed E-state index contributed by atoms with van der Waals surface area (Å²) in [4.78, 5) is 1.98. The van der Waals surface area contributed by atoms with E-state index >= 15 is 0 Å². The fourth-order valence-electron chi connectivity index (χ4n) is 1.20. The molecule has 1 aliphatic heterocycles. The van der Waals surface area contributed by atoms with Crippen molar-refractivity contribution in [2.45, 2.75) is 0 Å². The van der Waals surface area contributed by atoms with Gasteiger partial charge >= 0.3 is 0 Å². The van der Waals surface area contributed by atoms with Crippen molar-refractivity contribution < 1.29 is 0 Å². The van der Waals surface area contributed by atoms with Gasteiger partial charge in [0.2, 0.25) is 0 Å². The molecule has 1 aromatic carbocycles. The molecule has 0 saturated carbocycles. The second-order valence-corrected chi connectivity index (χ2v) is 2.58. The van der Waals surface area contributed by atoms with E-state index in [1.165, 1.54) is 0 Å². The predicted molar refractivity (Wildman–Crippen MR) is 47.0 cm³/mol. The summed E-state index contributed by atoms with van der Waals surface area (Å²) < 4.78 is 0. The first-order valence-corrected chi connectivity index (χ1v) is 3.52. The highest BCUT2D eigenvalue weighted by atomic mass is 15.3. The smallest absolute Gasteiger partial charge is 0.0380 e. The zero-order valence-electron chi connectivity index (χ0n) is 6.41. The normalized spacial score (nSPS) is 14.6. The maximum absolute atomic E-state index is 4.26. The van der Waals surface area contributed by atoms with Crippen LogP contribution in [-0.4, -0.2) is 7.05 Å². The summed E-state index contributed by atoms with van der Waals surface area (Å²) in [5.41, 5.74) is 2.15. The molecule has 0 bridgehead atoms. The molecule has 0 aromatic heterocycles. The van der Waals surface area contributed by atoms with E-state index in [1.807, 2.05) is 36.2 Å². The minimum atomic E-state index is 0.811. The van der Waals surface area contributed by atoms with Crippen molar-refractivity contribution in [1.29, 1.82) is 0 Å². The Bertz CT molecular complexity index is 304. The average Bonchev–Trinajstić information content (AvgIpc) is 2.30. The number of rotatable bonds is 0. The van der Waals surface area contributed by atoms with Crippen LogP contribution in [0.5, 0.6) is 0 Å². The van der Waals surface area contributed by atoms with Crippen LogP contribution in [0, 0.1) is 0 Å². The minimum absolute atomic E-state index is 0.811. The second-order valence-electron chi connectivity index (χ2n) is 2.58. The molecule has 0 aliphatic carbocycles. The SMILES string of the molecule is C=C1[N-]c2ccccc2N1C. The van der Waals surface area contributed by atoms with Crippen molar-refractivity contribution in [1.82, 2.24) is 0 Å². The van der Waals surface area contributed by atoms with E-state index in [9.17, 15) is 0 Å². The van der Waals surface area contributed by atoms with Crippen LogP contribution in [0.1, 0.15) is 0 Å². The predicted octanol–water partition coefficient (Wildman–Crippen LogP) is 2.61. The van der Waals surface area contributed by atoms with E-state index in [0.717, 1.165) is 17.2 Å². The lowest BCUT2D eigenvalue weighted by atomic mass is 10.3. The van der Waals surface area contributed by atoms with Crippen molar-refractivity contribution >= 4 is 11.4 Å². The van der Waals surface area contributed by atoms with Gasteiger partial charge in [-0.2, -0.15) is 0 Å². The third-order valence-electron chi connectivity index (χ3n) is 1.88. The molecule has 0 spiro atoms. The number of nitrogens with zero attached hydrogens (tertiary/aromatic N) is 2. The van der Waals surface area contributed by atoms with E-state index in [2.05, 4.69) is 11.9 Å². The van der Waals surface area contributed by atoms with Crippen LogP contribution in [0.25, 0.3) is 5.32 Å². The zero-order valence-corrected chi connectivity index (χ0v) is 6.41. The van der Waals surface area contributed by atoms with Gasteiger partial charge in [0, 0.05) is 0 Å². The Balaban J connectivity index is 2.55. The van der Waals surface area contributed by atoms with E-state index < -0.39 is 0 Å². The highest BCUT2D eigenvalue weighted by Gasteiger charge is 2.06. The number of hydrogen-bond donors (Lipinski definition) is 0. The lowest BCUT2D eigenvalue weighted by Crippen LogP contribution is -2.08. The maximum atomic E-state index is 4.26. The van der Waals surface area contributed by atoms with E-state index in [4.69, 9.17) is 0 Å². The first kappa shape index (κ1) is 6.28. The highest BCUT2D eigenvalue weighted by molar-refractivity contribution is 5.83. The molecule has 0 radical (unpaired) electrons. The monoisotopic (exact) mass is 145 g/mol. The Hall–Kier alpha value is -1.44. The standard InChI is InChI=1S/C9H9N2/c1-7-10-8-5-3-4-6-9(8)11(7)2/h3-6H,1H2,2H3/q-1. The lowest BCUT2D eigenvalue weighted by molar-refractivity contribution is 1.18.